The summed E-state index contributed by atoms with van der Waals surface area (Å²) in [5, 5.41) is 0. The molecule has 1 radical (unpaired) electrons. The molecule has 0 amide bonds. The summed E-state index contributed by atoms with van der Waals surface area (Å²) in [6.07, 6.45) is -13.6. The summed E-state index contributed by atoms with van der Waals surface area (Å²) in [7, 11) is 0. The van der Waals surface area contributed by atoms with Crippen LogP contribution >= 0.6 is 0 Å². The molecule has 0 fully saturated rings. The Kier molecular flexibility index (Phi) is 11.3. The first kappa shape index (κ1) is 24.7. The van der Waals surface area contributed by atoms with Crippen molar-refractivity contribution in [3.63, 3.8) is 0 Å². The van der Waals surface area contributed by atoms with Gasteiger partial charge < -0.3 is 0 Å². The van der Waals surface area contributed by atoms with E-state index in [1.54, 1.807) is 0 Å². The van der Waals surface area contributed by atoms with Gasteiger partial charge in [0.2, 0.25) is 11.6 Å². The van der Waals surface area contributed by atoms with E-state index in [1.165, 1.54) is 0 Å². The molecule has 0 aliphatic heterocycles. The van der Waals surface area contributed by atoms with Crippen molar-refractivity contribution < 1.29 is 67.0 Å². The monoisotopic (exact) mass is 375 g/mol. The third-order valence-corrected chi connectivity index (χ3v) is 1.34. The van der Waals surface area contributed by atoms with Gasteiger partial charge in [-0.15, -0.1) is 0 Å². The van der Waals surface area contributed by atoms with Crippen LogP contribution < -0.4 is 0 Å². The van der Waals surface area contributed by atoms with Crippen molar-refractivity contribution in [2.24, 2.45) is 0 Å². The summed E-state index contributed by atoms with van der Waals surface area (Å²) < 4.78 is 79.1. The van der Waals surface area contributed by atoms with Gasteiger partial charge in [0.05, 0.1) is 12.8 Å². The molecule has 0 rings (SSSR count). The van der Waals surface area contributed by atoms with Crippen LogP contribution in [0.4, 0.5) is 30.7 Å². The van der Waals surface area contributed by atoms with Crippen LogP contribution in [-0.4, -0.2) is 35.7 Å². The second kappa shape index (κ2) is 9.61. The predicted molar refractivity (Wildman–Crippen MR) is 48.2 cm³/mol. The molecule has 0 N–H and O–H groups in total. The van der Waals surface area contributed by atoms with Crippen LogP contribution in [-0.2, 0) is 36.2 Å². The van der Waals surface area contributed by atoms with Crippen molar-refractivity contribution in [1.82, 2.24) is 0 Å². The molecule has 21 heavy (non-hydrogen) atoms. The summed E-state index contributed by atoms with van der Waals surface area (Å²) in [5.41, 5.74) is 0. The third kappa shape index (κ3) is 14.9. The molecular formula is C9H7CuF7O4. The predicted octanol–water partition coefficient (Wildman–Crippen LogP) is 2.10. The Morgan fingerprint density at radius 1 is 0.762 bits per heavy atom. The Labute approximate surface area is 123 Å². The maximum Gasteiger partial charge on any atom is 0.450 e. The molecule has 127 valence electrons. The van der Waals surface area contributed by atoms with E-state index in [0.717, 1.165) is 6.92 Å². The van der Waals surface area contributed by atoms with E-state index in [0.29, 0.717) is 0 Å². The van der Waals surface area contributed by atoms with Crippen LogP contribution in [0.2, 0.25) is 0 Å². The van der Waals surface area contributed by atoms with Crippen LogP contribution in [0, 0.1) is 0 Å². The first-order chi connectivity index (χ1) is 8.67. The molecule has 0 saturated carbocycles. The Bertz CT molecular complexity index is 364. The number of alkyl halides is 6. The number of carbonyl (C=O) groups excluding carboxylic acids is 4. The van der Waals surface area contributed by atoms with E-state index in [-0.39, 0.29) is 17.1 Å². The van der Waals surface area contributed by atoms with E-state index in [1.807, 2.05) is 0 Å². The Balaban J connectivity index is -0.000000347. The Morgan fingerprint density at radius 3 is 1.14 bits per heavy atom. The number of halogens is 7. The molecule has 0 unspecified atom stereocenters. The van der Waals surface area contributed by atoms with Crippen molar-refractivity contribution in [2.45, 2.75) is 32.1 Å². The molecular weight excluding hydrogens is 369 g/mol. The third-order valence-electron chi connectivity index (χ3n) is 1.34. The summed E-state index contributed by atoms with van der Waals surface area (Å²) in [6.45, 7) is 1.16. The van der Waals surface area contributed by atoms with Crippen LogP contribution in [0.1, 0.15) is 19.8 Å². The van der Waals surface area contributed by atoms with Gasteiger partial charge in [0.15, 0.2) is 0 Å². The first-order valence-corrected chi connectivity index (χ1v) is 4.55. The molecule has 0 aliphatic rings. The molecule has 0 saturated heterocycles. The second-order valence-corrected chi connectivity index (χ2v) is 3.25. The van der Waals surface area contributed by atoms with Crippen LogP contribution in [0.25, 0.3) is 0 Å². The van der Waals surface area contributed by atoms with E-state index >= 15 is 0 Å². The molecule has 0 aliphatic carbocycles. The van der Waals surface area contributed by atoms with Gasteiger partial charge in [-0.05, 0) is 6.92 Å². The molecule has 4 nitrogen and oxygen atoms in total. The first-order valence-electron chi connectivity index (χ1n) is 4.55. The van der Waals surface area contributed by atoms with Gasteiger partial charge in [0, 0.05) is 17.1 Å². The fourth-order valence-electron chi connectivity index (χ4n) is 0.542. The van der Waals surface area contributed by atoms with Gasteiger partial charge in [-0.25, -0.2) is 0 Å². The van der Waals surface area contributed by atoms with Gasteiger partial charge in [0.1, 0.15) is 5.78 Å². The molecule has 0 aromatic heterocycles. The Hall–Kier alpha value is -1.29. The van der Waals surface area contributed by atoms with E-state index in [4.69, 9.17) is 0 Å². The minimum atomic E-state index is -5.40. The zero-order valence-electron chi connectivity index (χ0n) is 9.99. The van der Waals surface area contributed by atoms with Crippen LogP contribution in [0.5, 0.6) is 0 Å². The van der Waals surface area contributed by atoms with Crippen molar-refractivity contribution >= 4 is 23.4 Å². The molecule has 0 atom stereocenters. The number of carbonyl (C=O) groups is 4. The molecule has 0 aromatic carbocycles. The summed E-state index contributed by atoms with van der Waals surface area (Å²) in [4.78, 5) is 38.9. The fourth-order valence-corrected chi connectivity index (χ4v) is 0.542. The molecule has 0 aromatic rings. The van der Waals surface area contributed by atoms with Gasteiger partial charge in [-0.1, -0.05) is 0 Å². The number of hydrogen-bond acceptors (Lipinski definition) is 4. The maximum atomic E-state index is 11.3. The quantitative estimate of drug-likeness (QED) is 0.326. The average molecular weight is 376 g/mol. The number of ketones is 3. The number of rotatable bonds is 4. The second-order valence-electron chi connectivity index (χ2n) is 3.25. The zero-order valence-corrected chi connectivity index (χ0v) is 10.9. The molecule has 12 heteroatoms. The number of hydrogen-bond donors (Lipinski definition) is 0. The van der Waals surface area contributed by atoms with E-state index in [2.05, 4.69) is 0 Å². The van der Waals surface area contributed by atoms with E-state index in [9.17, 15) is 49.9 Å². The van der Waals surface area contributed by atoms with Gasteiger partial charge >= 0.3 is 18.4 Å². The average Bonchev–Trinajstić information content (AvgIpc) is 2.12. The van der Waals surface area contributed by atoms with Crippen molar-refractivity contribution in [3.05, 3.63) is 0 Å². The topological polar surface area (TPSA) is 68.3 Å². The summed E-state index contributed by atoms with van der Waals surface area (Å²) in [5.74, 6) is -5.84. The van der Waals surface area contributed by atoms with Crippen molar-refractivity contribution in [2.75, 3.05) is 0 Å². The molecule has 0 bridgehead atoms. The smallest absolute Gasteiger partial charge is 0.299 e. The fraction of sp³-hybridized carbons (Fsp3) is 0.556. The Morgan fingerprint density at radius 2 is 1.05 bits per heavy atom. The van der Waals surface area contributed by atoms with Gasteiger partial charge in [0.25, 0.3) is 0 Å². The van der Waals surface area contributed by atoms with Crippen molar-refractivity contribution in [1.29, 1.82) is 0 Å². The van der Waals surface area contributed by atoms with E-state index < -0.39 is 48.6 Å². The van der Waals surface area contributed by atoms with Crippen molar-refractivity contribution in [3.8, 4) is 0 Å². The summed E-state index contributed by atoms with van der Waals surface area (Å²) in [6, 6.07) is -1.56. The van der Waals surface area contributed by atoms with Gasteiger partial charge in [-0.2, -0.15) is 30.7 Å². The minimum Gasteiger partial charge on any atom is -0.299 e. The summed E-state index contributed by atoms with van der Waals surface area (Å²) >= 11 is 0. The minimum absolute atomic E-state index is 0. The van der Waals surface area contributed by atoms with Gasteiger partial charge in [-0.3, -0.25) is 19.2 Å². The molecule has 0 heterocycles. The molecule has 0 spiro atoms. The zero-order chi connectivity index (χ0) is 16.7. The SMILES string of the molecule is CC(=O)CC(=O)F.O=C(CC(=O)C(F)(F)F)C(F)(F)F.[Cu]. The standard InChI is InChI=1S/C5H2F6O2.C4H5FO2.Cu/c6-4(7,8)2(12)1-3(13)5(9,10)11;1-3(6)2-4(5)7;/h1H2;2H2,1H3;. The number of Topliss-reactive ketones (excluding diaryl/α,β-unsaturated/α-hetero) is 3. The normalized spacial score (nSPS) is 10.7. The van der Waals surface area contributed by atoms with Crippen LogP contribution in [0.15, 0.2) is 0 Å². The largest absolute Gasteiger partial charge is 0.450 e. The maximum absolute atomic E-state index is 11.3. The van der Waals surface area contributed by atoms with Crippen LogP contribution in [0.3, 0.4) is 0 Å².